The molecule has 2 aliphatic rings. The summed E-state index contributed by atoms with van der Waals surface area (Å²) >= 11 is 0. The number of hydrogen-bond donors (Lipinski definition) is 1. The third kappa shape index (κ3) is 3.61. The van der Waals surface area contributed by atoms with Crippen LogP contribution in [0.3, 0.4) is 0 Å². The molecule has 2 aliphatic heterocycles. The fraction of sp³-hybridized carbons (Fsp3) is 0.273. The second kappa shape index (κ2) is 7.95. The Bertz CT molecular complexity index is 1290. The summed E-state index contributed by atoms with van der Waals surface area (Å²) in [6.45, 7) is 2.70. The molecule has 10 heteroatoms. The molecule has 5 rings (SSSR count). The highest BCUT2D eigenvalue weighted by Crippen LogP contribution is 2.34. The summed E-state index contributed by atoms with van der Waals surface area (Å²) in [5, 5.41) is 4.26. The number of benzene rings is 2. The summed E-state index contributed by atoms with van der Waals surface area (Å²) in [5.74, 6) is 1.22. The lowest BCUT2D eigenvalue weighted by atomic mass is 10.2. The van der Waals surface area contributed by atoms with Crippen molar-refractivity contribution in [3.63, 3.8) is 0 Å². The zero-order chi connectivity index (χ0) is 22.3. The number of fused-ring (bicyclic) bond motifs is 2. The van der Waals surface area contributed by atoms with Crippen molar-refractivity contribution >= 4 is 32.5 Å². The van der Waals surface area contributed by atoms with Crippen molar-refractivity contribution < 1.29 is 22.7 Å². The molecule has 0 radical (unpaired) electrons. The van der Waals surface area contributed by atoms with Gasteiger partial charge in [-0.1, -0.05) is 12.1 Å². The van der Waals surface area contributed by atoms with Crippen molar-refractivity contribution in [3.8, 4) is 11.5 Å². The Hall–Kier alpha value is -3.37. The Labute approximate surface area is 185 Å². The van der Waals surface area contributed by atoms with Crippen molar-refractivity contribution in [3.05, 3.63) is 54.9 Å². The molecule has 2 amide bonds. The van der Waals surface area contributed by atoms with Gasteiger partial charge < -0.3 is 19.7 Å². The summed E-state index contributed by atoms with van der Waals surface area (Å²) in [7, 11) is -3.72. The smallest absolute Gasteiger partial charge is 0.322 e. The van der Waals surface area contributed by atoms with Crippen molar-refractivity contribution in [2.75, 3.05) is 31.7 Å². The molecule has 1 atom stereocenters. The molecule has 0 spiro atoms. The summed E-state index contributed by atoms with van der Waals surface area (Å²) in [4.78, 5) is 18.8. The number of sulfonamides is 1. The van der Waals surface area contributed by atoms with Gasteiger partial charge in [0.15, 0.2) is 11.5 Å². The van der Waals surface area contributed by atoms with E-state index in [1.54, 1.807) is 53.7 Å². The van der Waals surface area contributed by atoms with E-state index in [1.165, 1.54) is 4.31 Å². The van der Waals surface area contributed by atoms with E-state index >= 15 is 0 Å². The van der Waals surface area contributed by atoms with E-state index in [4.69, 9.17) is 9.47 Å². The minimum Gasteiger partial charge on any atom is -0.454 e. The van der Waals surface area contributed by atoms with E-state index in [9.17, 15) is 13.2 Å². The standard InChI is InChI=1S/C22H22N4O5S/c1-15-13-25(32(28,29)21-4-2-3-16-12-23-8-7-18(16)21)9-10-26(15)22(27)24-17-5-6-19-20(11-17)31-14-30-19/h2-8,11-12,15H,9-10,13-14H2,1H3,(H,24,27). The number of anilines is 1. The summed E-state index contributed by atoms with van der Waals surface area (Å²) in [5.41, 5.74) is 0.589. The van der Waals surface area contributed by atoms with Crippen LogP contribution < -0.4 is 14.8 Å². The minimum absolute atomic E-state index is 0.160. The van der Waals surface area contributed by atoms with Gasteiger partial charge in [0.2, 0.25) is 16.8 Å². The predicted octanol–water partition coefficient (Wildman–Crippen LogP) is 2.89. The van der Waals surface area contributed by atoms with E-state index in [0.29, 0.717) is 22.6 Å². The van der Waals surface area contributed by atoms with Gasteiger partial charge in [-0.2, -0.15) is 4.31 Å². The summed E-state index contributed by atoms with van der Waals surface area (Å²) in [6.07, 6.45) is 3.23. The largest absolute Gasteiger partial charge is 0.454 e. The molecule has 0 aliphatic carbocycles. The van der Waals surface area contributed by atoms with Crippen LogP contribution in [0, 0.1) is 0 Å². The Morgan fingerprint density at radius 3 is 2.81 bits per heavy atom. The highest BCUT2D eigenvalue weighted by Gasteiger charge is 2.35. The molecule has 1 N–H and O–H groups in total. The van der Waals surface area contributed by atoms with Crippen molar-refractivity contribution in [1.82, 2.24) is 14.2 Å². The van der Waals surface area contributed by atoms with Crippen molar-refractivity contribution in [1.29, 1.82) is 0 Å². The first kappa shape index (κ1) is 20.5. The van der Waals surface area contributed by atoms with Gasteiger partial charge in [-0.3, -0.25) is 4.98 Å². The molecule has 1 saturated heterocycles. The van der Waals surface area contributed by atoms with E-state index < -0.39 is 10.0 Å². The second-order valence-electron chi connectivity index (χ2n) is 7.76. The lowest BCUT2D eigenvalue weighted by Gasteiger charge is -2.39. The van der Waals surface area contributed by atoms with Crippen LogP contribution in [-0.4, -0.2) is 61.1 Å². The number of urea groups is 1. The maximum atomic E-state index is 13.4. The maximum absolute atomic E-state index is 13.4. The minimum atomic E-state index is -3.72. The van der Waals surface area contributed by atoms with Crippen LogP contribution >= 0.6 is 0 Å². The molecule has 9 nitrogen and oxygen atoms in total. The number of nitrogens with one attached hydrogen (secondary N) is 1. The van der Waals surface area contributed by atoms with Crippen LogP contribution in [0.15, 0.2) is 59.8 Å². The summed E-state index contributed by atoms with van der Waals surface area (Å²) < 4.78 is 38.8. The topological polar surface area (TPSA) is 101 Å². The van der Waals surface area contributed by atoms with E-state index in [-0.39, 0.29) is 43.4 Å². The van der Waals surface area contributed by atoms with E-state index in [0.717, 1.165) is 5.39 Å². The van der Waals surface area contributed by atoms with Gasteiger partial charge in [-0.15, -0.1) is 0 Å². The molecule has 3 heterocycles. The molecule has 3 aromatic rings. The third-order valence-corrected chi connectivity index (χ3v) is 7.66. The van der Waals surface area contributed by atoms with Gasteiger partial charge in [0, 0.05) is 60.6 Å². The number of piperazine rings is 1. The highest BCUT2D eigenvalue weighted by atomic mass is 32.2. The molecule has 0 bridgehead atoms. The highest BCUT2D eigenvalue weighted by molar-refractivity contribution is 7.89. The average molecular weight is 455 g/mol. The Kier molecular flexibility index (Phi) is 5.10. The van der Waals surface area contributed by atoms with E-state index in [1.807, 2.05) is 13.0 Å². The molecular weight excluding hydrogens is 432 g/mol. The first-order valence-corrected chi connectivity index (χ1v) is 11.7. The number of ether oxygens (including phenoxy) is 2. The van der Waals surface area contributed by atoms with Gasteiger partial charge in [-0.05, 0) is 31.2 Å². The fourth-order valence-corrected chi connectivity index (χ4v) is 5.80. The van der Waals surface area contributed by atoms with Crippen LogP contribution in [0.1, 0.15) is 6.92 Å². The Balaban J connectivity index is 1.31. The number of nitrogens with zero attached hydrogens (tertiary/aromatic N) is 3. The van der Waals surface area contributed by atoms with Crippen LogP contribution in [0.2, 0.25) is 0 Å². The van der Waals surface area contributed by atoms with Crippen molar-refractivity contribution in [2.24, 2.45) is 0 Å². The molecule has 0 saturated carbocycles. The number of aromatic nitrogens is 1. The van der Waals surface area contributed by atoms with Crippen LogP contribution in [-0.2, 0) is 10.0 Å². The number of carbonyl (C=O) groups excluding carboxylic acids is 1. The fourth-order valence-electron chi connectivity index (χ4n) is 4.07. The van der Waals surface area contributed by atoms with Crippen LogP contribution in [0.5, 0.6) is 11.5 Å². The molecular formula is C22H22N4O5S. The number of hydrogen-bond acceptors (Lipinski definition) is 6. The van der Waals surface area contributed by atoms with Crippen molar-refractivity contribution in [2.45, 2.75) is 17.9 Å². The average Bonchev–Trinajstić information content (AvgIpc) is 3.26. The van der Waals surface area contributed by atoms with E-state index in [2.05, 4.69) is 10.3 Å². The third-order valence-electron chi connectivity index (χ3n) is 5.73. The number of carbonyl (C=O) groups is 1. The Morgan fingerprint density at radius 2 is 1.97 bits per heavy atom. The maximum Gasteiger partial charge on any atom is 0.322 e. The molecule has 32 heavy (non-hydrogen) atoms. The monoisotopic (exact) mass is 454 g/mol. The quantitative estimate of drug-likeness (QED) is 0.653. The van der Waals surface area contributed by atoms with Crippen LogP contribution in [0.4, 0.5) is 10.5 Å². The zero-order valence-electron chi connectivity index (χ0n) is 17.4. The zero-order valence-corrected chi connectivity index (χ0v) is 18.2. The van der Waals surface area contributed by atoms with Gasteiger partial charge >= 0.3 is 6.03 Å². The molecule has 166 valence electrons. The van der Waals surface area contributed by atoms with Gasteiger partial charge in [0.1, 0.15) is 0 Å². The molecule has 1 aromatic heterocycles. The lowest BCUT2D eigenvalue weighted by molar-refractivity contribution is 0.149. The first-order chi connectivity index (χ1) is 15.4. The second-order valence-corrected chi connectivity index (χ2v) is 9.66. The molecule has 1 unspecified atom stereocenters. The molecule has 2 aromatic carbocycles. The van der Waals surface area contributed by atoms with Crippen LogP contribution in [0.25, 0.3) is 10.8 Å². The normalized spacial score (nSPS) is 18.7. The van der Waals surface area contributed by atoms with Gasteiger partial charge in [0.05, 0.1) is 4.90 Å². The van der Waals surface area contributed by atoms with Gasteiger partial charge in [0.25, 0.3) is 0 Å². The predicted molar refractivity (Wildman–Crippen MR) is 118 cm³/mol. The van der Waals surface area contributed by atoms with Gasteiger partial charge in [-0.25, -0.2) is 13.2 Å². The lowest BCUT2D eigenvalue weighted by Crippen LogP contribution is -2.56. The Morgan fingerprint density at radius 1 is 1.12 bits per heavy atom. The summed E-state index contributed by atoms with van der Waals surface area (Å²) in [6, 6.07) is 11.5. The number of rotatable bonds is 3. The number of amides is 2. The first-order valence-electron chi connectivity index (χ1n) is 10.2. The molecule has 1 fully saturated rings. The number of pyridine rings is 1. The SMILES string of the molecule is CC1CN(S(=O)(=O)c2cccc3cnccc23)CCN1C(=O)Nc1ccc2c(c1)OCO2.